The van der Waals surface area contributed by atoms with Gasteiger partial charge in [-0.15, -0.1) is 0 Å². The third-order valence-corrected chi connectivity index (χ3v) is 8.32. The van der Waals surface area contributed by atoms with Crippen LogP contribution in [0.4, 0.5) is 0 Å². The fourth-order valence-corrected chi connectivity index (χ4v) is 5.96. The first kappa shape index (κ1) is 21.7. The molecule has 2 heterocycles. The number of amides is 1. The lowest BCUT2D eigenvalue weighted by atomic mass is 10.0. The van der Waals surface area contributed by atoms with E-state index in [0.29, 0.717) is 35.7 Å². The number of piperidine rings is 1. The summed E-state index contributed by atoms with van der Waals surface area (Å²) in [5.41, 5.74) is 0.367. The molecule has 1 atom stereocenters. The van der Waals surface area contributed by atoms with Crippen molar-refractivity contribution >= 4 is 31.9 Å². The Bertz CT molecular complexity index is 794. The number of sulfonamides is 1. The van der Waals surface area contributed by atoms with Crippen LogP contribution in [0.15, 0.2) is 27.6 Å². The molecule has 8 heteroatoms. The van der Waals surface area contributed by atoms with Crippen LogP contribution in [0.2, 0.25) is 0 Å². The molecule has 0 aromatic heterocycles. The minimum Gasteiger partial charge on any atom is -0.352 e. The number of hydrogen-bond acceptors (Lipinski definition) is 4. The minimum atomic E-state index is -3.53. The van der Waals surface area contributed by atoms with Gasteiger partial charge in [-0.1, -0.05) is 6.42 Å². The fourth-order valence-electron chi connectivity index (χ4n) is 3.99. The average molecular weight is 472 g/mol. The minimum absolute atomic E-state index is 0.185. The highest BCUT2D eigenvalue weighted by atomic mass is 79.9. The summed E-state index contributed by atoms with van der Waals surface area (Å²) in [6.45, 7) is 6.06. The Balaban J connectivity index is 1.58. The predicted octanol–water partition coefficient (Wildman–Crippen LogP) is 3.23. The van der Waals surface area contributed by atoms with Gasteiger partial charge >= 0.3 is 0 Å². The Morgan fingerprint density at radius 3 is 2.61 bits per heavy atom. The quantitative estimate of drug-likeness (QED) is 0.619. The highest BCUT2D eigenvalue weighted by Gasteiger charge is 2.28. The number of hydrogen-bond donors (Lipinski definition) is 1. The Kier molecular flexibility index (Phi) is 7.53. The molecule has 2 saturated heterocycles. The molecule has 0 bridgehead atoms. The zero-order valence-corrected chi connectivity index (χ0v) is 18.9. The summed E-state index contributed by atoms with van der Waals surface area (Å²) in [5, 5.41) is 2.94. The summed E-state index contributed by atoms with van der Waals surface area (Å²) in [7, 11) is -3.53. The van der Waals surface area contributed by atoms with E-state index in [9.17, 15) is 13.2 Å². The molecule has 1 N–H and O–H groups in total. The molecule has 1 unspecified atom stereocenters. The van der Waals surface area contributed by atoms with Gasteiger partial charge in [0, 0.05) is 36.7 Å². The number of benzene rings is 1. The van der Waals surface area contributed by atoms with E-state index in [2.05, 4.69) is 33.1 Å². The molecule has 3 rings (SSSR count). The topological polar surface area (TPSA) is 69.7 Å². The van der Waals surface area contributed by atoms with Crippen LogP contribution >= 0.6 is 15.9 Å². The molecule has 156 valence electrons. The van der Waals surface area contributed by atoms with Crippen LogP contribution in [0.1, 0.15) is 55.8 Å². The summed E-state index contributed by atoms with van der Waals surface area (Å²) < 4.78 is 27.6. The lowest BCUT2D eigenvalue weighted by Gasteiger charge is -2.33. The maximum absolute atomic E-state index is 12.8. The van der Waals surface area contributed by atoms with Crippen molar-refractivity contribution in [2.45, 2.75) is 56.4 Å². The van der Waals surface area contributed by atoms with Crippen molar-refractivity contribution in [3.8, 4) is 0 Å². The maximum atomic E-state index is 12.8. The highest BCUT2D eigenvalue weighted by Crippen LogP contribution is 2.25. The average Bonchev–Trinajstić information content (AvgIpc) is 3.22. The maximum Gasteiger partial charge on any atom is 0.252 e. The zero-order valence-electron chi connectivity index (χ0n) is 16.5. The summed E-state index contributed by atoms with van der Waals surface area (Å²) in [5.74, 6) is -0.239. The number of likely N-dealkylation sites (tertiary alicyclic amines) is 1. The zero-order chi connectivity index (χ0) is 20.1. The van der Waals surface area contributed by atoms with E-state index in [1.54, 1.807) is 12.1 Å². The van der Waals surface area contributed by atoms with Gasteiger partial charge in [0.25, 0.3) is 5.91 Å². The van der Waals surface area contributed by atoms with Crippen LogP contribution in [0.3, 0.4) is 0 Å². The normalized spacial score (nSPS) is 21.7. The third-order valence-electron chi connectivity index (χ3n) is 5.73. The van der Waals surface area contributed by atoms with Gasteiger partial charge in [0.05, 0.1) is 10.5 Å². The Morgan fingerprint density at radius 1 is 1.18 bits per heavy atom. The third kappa shape index (κ3) is 5.14. The van der Waals surface area contributed by atoms with Crippen molar-refractivity contribution in [2.24, 2.45) is 0 Å². The molecule has 1 amide bonds. The van der Waals surface area contributed by atoms with Crippen molar-refractivity contribution in [3.63, 3.8) is 0 Å². The lowest BCUT2D eigenvalue weighted by Crippen LogP contribution is -2.39. The SMILES string of the molecule is CC1CCCCN1CCCNC(=O)c1cc(S(=O)(=O)N2CCCC2)ccc1Br. The predicted molar refractivity (Wildman–Crippen MR) is 114 cm³/mol. The van der Waals surface area contributed by atoms with Crippen LogP contribution < -0.4 is 5.32 Å². The number of halogens is 1. The van der Waals surface area contributed by atoms with Crippen LogP contribution in [0.5, 0.6) is 0 Å². The van der Waals surface area contributed by atoms with E-state index in [1.807, 2.05) is 0 Å². The second-order valence-electron chi connectivity index (χ2n) is 7.74. The molecular formula is C20H30BrN3O3S. The molecule has 2 aliphatic rings. The number of nitrogens with one attached hydrogen (secondary N) is 1. The number of carbonyl (C=O) groups excluding carboxylic acids is 1. The Morgan fingerprint density at radius 2 is 1.89 bits per heavy atom. The molecule has 1 aromatic rings. The van der Waals surface area contributed by atoms with Crippen molar-refractivity contribution in [2.75, 3.05) is 32.7 Å². The molecule has 0 saturated carbocycles. The molecule has 0 spiro atoms. The van der Waals surface area contributed by atoms with Gasteiger partial charge in [-0.25, -0.2) is 8.42 Å². The first-order valence-corrected chi connectivity index (χ1v) is 12.4. The highest BCUT2D eigenvalue weighted by molar-refractivity contribution is 9.10. The standard InChI is InChI=1S/C20H30BrN3O3S/c1-16-7-2-3-11-23(16)12-6-10-22-20(25)18-15-17(8-9-19(18)21)28(26,27)24-13-4-5-14-24/h8-9,15-16H,2-7,10-14H2,1H3,(H,22,25). The number of rotatable bonds is 7. The molecule has 1 aromatic carbocycles. The van der Waals surface area contributed by atoms with Gasteiger partial charge < -0.3 is 10.2 Å². The smallest absolute Gasteiger partial charge is 0.252 e. The van der Waals surface area contributed by atoms with E-state index in [-0.39, 0.29) is 10.8 Å². The fraction of sp³-hybridized carbons (Fsp3) is 0.650. The van der Waals surface area contributed by atoms with Gasteiger partial charge in [0.2, 0.25) is 10.0 Å². The molecule has 2 fully saturated rings. The van der Waals surface area contributed by atoms with Gasteiger partial charge in [-0.3, -0.25) is 4.79 Å². The van der Waals surface area contributed by atoms with E-state index < -0.39 is 10.0 Å². The van der Waals surface area contributed by atoms with Gasteiger partial charge in [-0.2, -0.15) is 4.31 Å². The summed E-state index contributed by atoms with van der Waals surface area (Å²) in [6, 6.07) is 5.31. The molecule has 6 nitrogen and oxygen atoms in total. The second-order valence-corrected chi connectivity index (χ2v) is 10.5. The molecular weight excluding hydrogens is 442 g/mol. The van der Waals surface area contributed by atoms with E-state index in [1.165, 1.54) is 29.6 Å². The number of carbonyl (C=O) groups is 1. The van der Waals surface area contributed by atoms with Crippen LogP contribution in [0.25, 0.3) is 0 Å². The van der Waals surface area contributed by atoms with Gasteiger partial charge in [0.1, 0.15) is 0 Å². The Hall–Kier alpha value is -0.960. The van der Waals surface area contributed by atoms with Crippen LogP contribution in [-0.4, -0.2) is 62.3 Å². The summed E-state index contributed by atoms with van der Waals surface area (Å²) >= 11 is 3.38. The molecule has 2 aliphatic heterocycles. The Labute approximate surface area is 176 Å². The van der Waals surface area contributed by atoms with Gasteiger partial charge in [-0.05, 0) is 79.7 Å². The summed E-state index contributed by atoms with van der Waals surface area (Å²) in [4.78, 5) is 15.3. The first-order valence-electron chi connectivity index (χ1n) is 10.2. The second kappa shape index (κ2) is 9.69. The van der Waals surface area contributed by atoms with E-state index in [0.717, 1.165) is 32.4 Å². The summed E-state index contributed by atoms with van der Waals surface area (Å²) in [6.07, 6.45) is 6.47. The van der Waals surface area contributed by atoms with Gasteiger partial charge in [0.15, 0.2) is 0 Å². The van der Waals surface area contributed by atoms with E-state index in [4.69, 9.17) is 0 Å². The van der Waals surface area contributed by atoms with E-state index >= 15 is 0 Å². The first-order chi connectivity index (χ1) is 13.4. The lowest BCUT2D eigenvalue weighted by molar-refractivity contribution is 0.0948. The van der Waals surface area contributed by atoms with Crippen molar-refractivity contribution < 1.29 is 13.2 Å². The van der Waals surface area contributed by atoms with Crippen LogP contribution in [-0.2, 0) is 10.0 Å². The molecule has 0 radical (unpaired) electrons. The number of nitrogens with zero attached hydrogens (tertiary/aromatic N) is 2. The largest absolute Gasteiger partial charge is 0.352 e. The van der Waals surface area contributed by atoms with Crippen molar-refractivity contribution in [3.05, 3.63) is 28.2 Å². The van der Waals surface area contributed by atoms with Crippen LogP contribution in [0, 0.1) is 0 Å². The van der Waals surface area contributed by atoms with Crippen molar-refractivity contribution in [1.82, 2.24) is 14.5 Å². The van der Waals surface area contributed by atoms with Crippen molar-refractivity contribution in [1.29, 1.82) is 0 Å². The molecule has 0 aliphatic carbocycles. The monoisotopic (exact) mass is 471 g/mol. The molecule has 28 heavy (non-hydrogen) atoms.